The molecule has 1 nitrogen and oxygen atoms in total. The van der Waals surface area contributed by atoms with Crippen LogP contribution in [0.25, 0.3) is 0 Å². The maximum atomic E-state index is 4.04. The molecule has 138 valence electrons. The molecule has 0 fully saturated rings. The van der Waals surface area contributed by atoms with Crippen molar-refractivity contribution in [1.29, 1.82) is 0 Å². The van der Waals surface area contributed by atoms with E-state index in [2.05, 4.69) is 32.3 Å². The van der Waals surface area contributed by atoms with Gasteiger partial charge in [0.25, 0.3) is 0 Å². The molecule has 0 aromatic carbocycles. The molecule has 0 heterocycles. The van der Waals surface area contributed by atoms with Crippen molar-refractivity contribution in [3.8, 4) is 0 Å². The molecule has 0 saturated heterocycles. The van der Waals surface area contributed by atoms with E-state index in [4.69, 9.17) is 0 Å². The lowest BCUT2D eigenvalue weighted by molar-refractivity contribution is 0.257. The molecule has 0 saturated carbocycles. The Morgan fingerprint density at radius 3 is 1.43 bits per heavy atom. The lowest BCUT2D eigenvalue weighted by Gasteiger charge is -2.22. The second-order valence-electron chi connectivity index (χ2n) is 7.44. The van der Waals surface area contributed by atoms with E-state index in [1.807, 2.05) is 0 Å². The van der Waals surface area contributed by atoms with Crippen LogP contribution in [0, 0.1) is 0 Å². The molecule has 0 bridgehead atoms. The highest BCUT2D eigenvalue weighted by atomic mass is 15.1. The highest BCUT2D eigenvalue weighted by molar-refractivity contribution is 4.87. The summed E-state index contributed by atoms with van der Waals surface area (Å²) >= 11 is 0. The fraction of sp³-hybridized carbons (Fsp3) is 0.909. The first kappa shape index (κ1) is 22.7. The number of hydrogen-bond acceptors (Lipinski definition) is 1. The van der Waals surface area contributed by atoms with Crippen molar-refractivity contribution in [3.63, 3.8) is 0 Å². The van der Waals surface area contributed by atoms with Crippen LogP contribution in [0.3, 0.4) is 0 Å². The van der Waals surface area contributed by atoms with Gasteiger partial charge >= 0.3 is 0 Å². The molecular formula is C22H45N. The average molecular weight is 324 g/mol. The molecule has 23 heavy (non-hydrogen) atoms. The van der Waals surface area contributed by atoms with Gasteiger partial charge in [0.1, 0.15) is 0 Å². The van der Waals surface area contributed by atoms with Crippen LogP contribution in [0.2, 0.25) is 0 Å². The van der Waals surface area contributed by atoms with Crippen molar-refractivity contribution in [1.82, 2.24) is 4.90 Å². The summed E-state index contributed by atoms with van der Waals surface area (Å²) < 4.78 is 0. The SMILES string of the molecule is C=C(C)CCCN(CCCCCCCC)CCCCCCCC. The summed E-state index contributed by atoms with van der Waals surface area (Å²) in [5, 5.41) is 0. The van der Waals surface area contributed by atoms with Crippen molar-refractivity contribution in [2.75, 3.05) is 19.6 Å². The molecule has 0 spiro atoms. The number of rotatable bonds is 18. The highest BCUT2D eigenvalue weighted by Crippen LogP contribution is 2.10. The van der Waals surface area contributed by atoms with Crippen LogP contribution in [0.15, 0.2) is 12.2 Å². The van der Waals surface area contributed by atoms with Crippen molar-refractivity contribution in [2.45, 2.75) is 111 Å². The van der Waals surface area contributed by atoms with Crippen LogP contribution >= 0.6 is 0 Å². The molecule has 0 atom stereocenters. The van der Waals surface area contributed by atoms with Gasteiger partial charge in [-0.1, -0.05) is 83.6 Å². The number of nitrogens with zero attached hydrogens (tertiary/aromatic N) is 1. The Morgan fingerprint density at radius 2 is 1.00 bits per heavy atom. The van der Waals surface area contributed by atoms with Crippen LogP contribution in [0.5, 0.6) is 0 Å². The third kappa shape index (κ3) is 17.9. The van der Waals surface area contributed by atoms with Crippen molar-refractivity contribution in [2.24, 2.45) is 0 Å². The topological polar surface area (TPSA) is 3.24 Å². The fourth-order valence-electron chi connectivity index (χ4n) is 3.17. The van der Waals surface area contributed by atoms with E-state index in [0.29, 0.717) is 0 Å². The molecule has 0 aromatic heterocycles. The molecule has 0 aliphatic heterocycles. The predicted octanol–water partition coefficient (Wildman–Crippen LogP) is 7.37. The fourth-order valence-corrected chi connectivity index (χ4v) is 3.17. The van der Waals surface area contributed by atoms with Crippen LogP contribution < -0.4 is 0 Å². The molecule has 0 amide bonds. The Morgan fingerprint density at radius 1 is 0.609 bits per heavy atom. The third-order valence-corrected chi connectivity index (χ3v) is 4.73. The van der Waals surface area contributed by atoms with Crippen LogP contribution in [0.1, 0.15) is 111 Å². The zero-order valence-electron chi connectivity index (χ0n) is 16.7. The van der Waals surface area contributed by atoms with E-state index < -0.39 is 0 Å². The van der Waals surface area contributed by atoms with E-state index in [1.54, 1.807) is 0 Å². The van der Waals surface area contributed by atoms with Crippen LogP contribution in [0.4, 0.5) is 0 Å². The van der Waals surface area contributed by atoms with Gasteiger partial charge in [-0.15, -0.1) is 6.58 Å². The summed E-state index contributed by atoms with van der Waals surface area (Å²) in [6, 6.07) is 0. The lowest BCUT2D eigenvalue weighted by Crippen LogP contribution is -2.27. The smallest absolute Gasteiger partial charge is 0.00157 e. The van der Waals surface area contributed by atoms with Gasteiger partial charge in [0.2, 0.25) is 0 Å². The molecule has 0 aromatic rings. The molecule has 0 rings (SSSR count). The van der Waals surface area contributed by atoms with Gasteiger partial charge in [0.05, 0.1) is 0 Å². The zero-order valence-corrected chi connectivity index (χ0v) is 16.7. The molecule has 0 radical (unpaired) electrons. The van der Waals surface area contributed by atoms with Crippen LogP contribution in [-0.4, -0.2) is 24.5 Å². The summed E-state index contributed by atoms with van der Waals surface area (Å²) in [7, 11) is 0. The first-order valence-electron chi connectivity index (χ1n) is 10.6. The minimum Gasteiger partial charge on any atom is -0.303 e. The Balaban J connectivity index is 3.77. The van der Waals surface area contributed by atoms with E-state index >= 15 is 0 Å². The van der Waals surface area contributed by atoms with Gasteiger partial charge in [0.15, 0.2) is 0 Å². The minimum absolute atomic E-state index is 1.20. The van der Waals surface area contributed by atoms with Crippen LogP contribution in [-0.2, 0) is 0 Å². The third-order valence-electron chi connectivity index (χ3n) is 4.73. The number of unbranched alkanes of at least 4 members (excludes halogenated alkanes) is 10. The van der Waals surface area contributed by atoms with Gasteiger partial charge in [-0.05, 0) is 52.2 Å². The first-order chi connectivity index (χ1) is 11.2. The van der Waals surface area contributed by atoms with Crippen molar-refractivity contribution >= 4 is 0 Å². The summed E-state index contributed by atoms with van der Waals surface area (Å²) in [4.78, 5) is 2.72. The Bertz CT molecular complexity index is 230. The van der Waals surface area contributed by atoms with E-state index in [-0.39, 0.29) is 0 Å². The van der Waals surface area contributed by atoms with Gasteiger partial charge < -0.3 is 4.90 Å². The molecule has 0 aliphatic carbocycles. The van der Waals surface area contributed by atoms with Gasteiger partial charge in [-0.3, -0.25) is 0 Å². The average Bonchev–Trinajstić information content (AvgIpc) is 2.53. The van der Waals surface area contributed by atoms with Gasteiger partial charge in [-0.25, -0.2) is 0 Å². The normalized spacial score (nSPS) is 11.3. The monoisotopic (exact) mass is 323 g/mol. The Kier molecular flexibility index (Phi) is 17.8. The Labute approximate surface area is 147 Å². The minimum atomic E-state index is 1.20. The quantitative estimate of drug-likeness (QED) is 0.188. The summed E-state index contributed by atoms with van der Waals surface area (Å²) in [5.41, 5.74) is 1.34. The molecule has 0 unspecified atom stereocenters. The first-order valence-corrected chi connectivity index (χ1v) is 10.6. The molecule has 0 N–H and O–H groups in total. The second kappa shape index (κ2) is 18.0. The largest absolute Gasteiger partial charge is 0.303 e. The van der Waals surface area contributed by atoms with E-state index in [1.165, 1.54) is 115 Å². The lowest BCUT2D eigenvalue weighted by atomic mass is 10.1. The standard InChI is InChI=1S/C22H45N/c1-5-7-9-11-13-15-19-23(21-17-18-22(3)4)20-16-14-12-10-8-6-2/h3,5-21H2,1-2,4H3. The summed E-state index contributed by atoms with van der Waals surface area (Å²) in [6.07, 6.45) is 19.4. The summed E-state index contributed by atoms with van der Waals surface area (Å²) in [5.74, 6) is 0. The maximum Gasteiger partial charge on any atom is -0.00157 e. The van der Waals surface area contributed by atoms with Crippen molar-refractivity contribution < 1.29 is 0 Å². The Hall–Kier alpha value is -0.300. The molecular weight excluding hydrogens is 278 g/mol. The van der Waals surface area contributed by atoms with Crippen molar-refractivity contribution in [3.05, 3.63) is 12.2 Å². The number of hydrogen-bond donors (Lipinski definition) is 0. The zero-order chi connectivity index (χ0) is 17.2. The molecule has 1 heteroatoms. The maximum absolute atomic E-state index is 4.04. The number of allylic oxidation sites excluding steroid dienone is 1. The second-order valence-corrected chi connectivity index (χ2v) is 7.44. The van der Waals surface area contributed by atoms with E-state index in [9.17, 15) is 0 Å². The van der Waals surface area contributed by atoms with Gasteiger partial charge in [-0.2, -0.15) is 0 Å². The molecule has 0 aliphatic rings. The van der Waals surface area contributed by atoms with E-state index in [0.717, 1.165) is 0 Å². The predicted molar refractivity (Wildman–Crippen MR) is 107 cm³/mol. The summed E-state index contributed by atoms with van der Waals surface area (Å²) in [6.45, 7) is 14.7. The van der Waals surface area contributed by atoms with Gasteiger partial charge in [0, 0.05) is 0 Å². The highest BCUT2D eigenvalue weighted by Gasteiger charge is 2.04.